The van der Waals surface area contributed by atoms with Crippen LogP contribution in [0.25, 0.3) is 0 Å². The van der Waals surface area contributed by atoms with Crippen LogP contribution in [0.2, 0.25) is 0 Å². The van der Waals surface area contributed by atoms with Gasteiger partial charge in [-0.1, -0.05) is 17.7 Å². The highest BCUT2D eigenvalue weighted by atomic mass is 35.5. The number of amides is 1. The molecule has 0 saturated carbocycles. The molecule has 1 saturated heterocycles. The predicted octanol–water partition coefficient (Wildman–Crippen LogP) is 0.922. The van der Waals surface area contributed by atoms with Gasteiger partial charge in [0.05, 0.1) is 18.0 Å². The van der Waals surface area contributed by atoms with E-state index >= 15 is 0 Å². The van der Waals surface area contributed by atoms with Gasteiger partial charge in [-0.25, -0.2) is 8.42 Å². The Morgan fingerprint density at radius 1 is 1.23 bits per heavy atom. The average molecular weight is 406 g/mol. The molecule has 1 aliphatic heterocycles. The van der Waals surface area contributed by atoms with Crippen molar-refractivity contribution in [2.24, 2.45) is 0 Å². The Bertz CT molecular complexity index is 659. The Morgan fingerprint density at radius 2 is 1.85 bits per heavy atom. The average Bonchev–Trinajstić information content (AvgIpc) is 2.60. The lowest BCUT2D eigenvalue weighted by Gasteiger charge is -2.31. The lowest BCUT2D eigenvalue weighted by Crippen LogP contribution is -2.48. The third kappa shape index (κ3) is 6.51. The van der Waals surface area contributed by atoms with E-state index in [1.54, 1.807) is 31.4 Å². The highest BCUT2D eigenvalue weighted by Crippen LogP contribution is 2.21. The van der Waals surface area contributed by atoms with E-state index in [2.05, 4.69) is 10.6 Å². The first-order valence-corrected chi connectivity index (χ1v) is 9.93. The number of halogens is 1. The summed E-state index contributed by atoms with van der Waals surface area (Å²) in [5.74, 6) is -0.0732. The summed E-state index contributed by atoms with van der Waals surface area (Å²) in [6.07, 6.45) is 1.24. The topological polar surface area (TPSA) is 87.7 Å². The first-order valence-electron chi connectivity index (χ1n) is 8.49. The molecule has 148 valence electrons. The van der Waals surface area contributed by atoms with Gasteiger partial charge in [-0.15, -0.1) is 12.4 Å². The zero-order valence-electron chi connectivity index (χ0n) is 15.2. The molecule has 26 heavy (non-hydrogen) atoms. The van der Waals surface area contributed by atoms with Gasteiger partial charge in [0, 0.05) is 32.8 Å². The molecule has 0 atom stereocenters. The minimum atomic E-state index is -3.46. The van der Waals surface area contributed by atoms with Crippen LogP contribution < -0.4 is 10.6 Å². The number of ether oxygens (including phenoxy) is 1. The fourth-order valence-electron chi connectivity index (χ4n) is 2.75. The second-order valence-corrected chi connectivity index (χ2v) is 8.17. The van der Waals surface area contributed by atoms with Crippen molar-refractivity contribution in [2.75, 3.05) is 39.9 Å². The highest BCUT2D eigenvalue weighted by molar-refractivity contribution is 7.89. The molecule has 1 aliphatic rings. The molecule has 0 bridgehead atoms. The van der Waals surface area contributed by atoms with Crippen LogP contribution in [0.4, 0.5) is 0 Å². The van der Waals surface area contributed by atoms with Crippen molar-refractivity contribution in [3.63, 3.8) is 0 Å². The van der Waals surface area contributed by atoms with Gasteiger partial charge in [-0.05, 0) is 31.9 Å². The number of carbonyl (C=O) groups excluding carboxylic acids is 1. The van der Waals surface area contributed by atoms with Crippen LogP contribution in [0.1, 0.15) is 18.4 Å². The summed E-state index contributed by atoms with van der Waals surface area (Å²) in [6, 6.07) is 6.91. The summed E-state index contributed by atoms with van der Waals surface area (Å²) in [6.45, 7) is 4.18. The first kappa shape index (κ1) is 22.9. The quantitative estimate of drug-likeness (QED) is 0.628. The fourth-order valence-corrected chi connectivity index (χ4v) is 4.22. The Balaban J connectivity index is 0.00000338. The molecule has 0 aliphatic carbocycles. The van der Waals surface area contributed by atoms with Crippen LogP contribution in [0.15, 0.2) is 29.2 Å². The zero-order valence-corrected chi connectivity index (χ0v) is 16.9. The normalized spacial score (nSPS) is 16.1. The Labute approximate surface area is 161 Å². The second-order valence-electron chi connectivity index (χ2n) is 6.23. The number of carbonyl (C=O) groups is 1. The van der Waals surface area contributed by atoms with E-state index in [0.717, 1.165) is 5.56 Å². The van der Waals surface area contributed by atoms with Crippen molar-refractivity contribution < 1.29 is 17.9 Å². The molecule has 2 rings (SSSR count). The minimum absolute atomic E-state index is 0. The van der Waals surface area contributed by atoms with Crippen LogP contribution >= 0.6 is 12.4 Å². The molecule has 9 heteroatoms. The highest BCUT2D eigenvalue weighted by Gasteiger charge is 2.29. The second kappa shape index (κ2) is 10.8. The first-order chi connectivity index (χ1) is 11.9. The number of nitrogens with zero attached hydrogens (tertiary/aromatic N) is 1. The van der Waals surface area contributed by atoms with E-state index < -0.39 is 10.0 Å². The largest absolute Gasteiger partial charge is 0.383 e. The summed E-state index contributed by atoms with van der Waals surface area (Å²) in [4.78, 5) is 12.2. The number of sulfonamides is 1. The van der Waals surface area contributed by atoms with Gasteiger partial charge < -0.3 is 15.4 Å². The van der Waals surface area contributed by atoms with Gasteiger partial charge in [-0.3, -0.25) is 4.79 Å². The van der Waals surface area contributed by atoms with E-state index in [1.165, 1.54) is 4.31 Å². The van der Waals surface area contributed by atoms with Crippen LogP contribution in [-0.2, 0) is 19.6 Å². The number of rotatable bonds is 8. The number of hydrogen-bond donors (Lipinski definition) is 2. The van der Waals surface area contributed by atoms with E-state index in [0.29, 0.717) is 44.0 Å². The molecule has 7 nitrogen and oxygen atoms in total. The fraction of sp³-hybridized carbons (Fsp3) is 0.588. The number of aryl methyl sites for hydroxylation is 1. The lowest BCUT2D eigenvalue weighted by molar-refractivity contribution is -0.121. The maximum Gasteiger partial charge on any atom is 0.243 e. The Morgan fingerprint density at radius 3 is 2.42 bits per heavy atom. The molecule has 1 amide bonds. The zero-order chi connectivity index (χ0) is 18.3. The molecule has 0 aromatic heterocycles. The van der Waals surface area contributed by atoms with Crippen molar-refractivity contribution >= 4 is 28.3 Å². The maximum absolute atomic E-state index is 12.6. The molecule has 0 radical (unpaired) electrons. The maximum atomic E-state index is 12.6. The van der Waals surface area contributed by atoms with Gasteiger partial charge in [0.25, 0.3) is 0 Å². The van der Waals surface area contributed by atoms with Gasteiger partial charge in [0.1, 0.15) is 0 Å². The SMILES string of the molecule is COCCNCC(=O)NC1CCN(S(=O)(=O)c2ccc(C)cc2)CC1.Cl. The Kier molecular flexibility index (Phi) is 9.52. The summed E-state index contributed by atoms with van der Waals surface area (Å²) in [7, 11) is -1.85. The van der Waals surface area contributed by atoms with Crippen molar-refractivity contribution in [2.45, 2.75) is 30.7 Å². The molecule has 0 unspecified atom stereocenters. The predicted molar refractivity (Wildman–Crippen MR) is 103 cm³/mol. The number of benzene rings is 1. The molecule has 0 spiro atoms. The lowest BCUT2D eigenvalue weighted by atomic mass is 10.1. The van der Waals surface area contributed by atoms with Gasteiger partial charge in [0.2, 0.25) is 15.9 Å². The molecule has 1 aromatic carbocycles. The standard InChI is InChI=1S/C17H27N3O4S.ClH/c1-14-3-5-16(6-4-14)25(22,23)20-10-7-15(8-11-20)19-17(21)13-18-9-12-24-2;/h3-6,15,18H,7-13H2,1-2H3,(H,19,21);1H. The number of hydrogen-bond acceptors (Lipinski definition) is 5. The van der Waals surface area contributed by atoms with Gasteiger partial charge >= 0.3 is 0 Å². The van der Waals surface area contributed by atoms with Gasteiger partial charge in [-0.2, -0.15) is 4.31 Å². The van der Waals surface area contributed by atoms with E-state index in [4.69, 9.17) is 4.74 Å². The number of piperidine rings is 1. The van der Waals surface area contributed by atoms with Crippen LogP contribution in [0, 0.1) is 6.92 Å². The number of nitrogens with one attached hydrogen (secondary N) is 2. The van der Waals surface area contributed by atoms with Gasteiger partial charge in [0.15, 0.2) is 0 Å². The molecule has 2 N–H and O–H groups in total. The molecule has 1 aromatic rings. The molecular weight excluding hydrogens is 378 g/mol. The minimum Gasteiger partial charge on any atom is -0.383 e. The molecule has 1 heterocycles. The van der Waals surface area contributed by atoms with Crippen molar-refractivity contribution in [1.82, 2.24) is 14.9 Å². The Hall–Kier alpha value is -1.19. The molecule has 1 fully saturated rings. The van der Waals surface area contributed by atoms with Crippen LogP contribution in [0.5, 0.6) is 0 Å². The van der Waals surface area contributed by atoms with E-state index in [9.17, 15) is 13.2 Å². The summed E-state index contributed by atoms with van der Waals surface area (Å²) in [5.41, 5.74) is 1.03. The van der Waals surface area contributed by atoms with Crippen LogP contribution in [0.3, 0.4) is 0 Å². The summed E-state index contributed by atoms with van der Waals surface area (Å²) < 4.78 is 31.7. The molecular formula is C17H28ClN3O4S. The van der Waals surface area contributed by atoms with Crippen molar-refractivity contribution in [1.29, 1.82) is 0 Å². The van der Waals surface area contributed by atoms with Crippen molar-refractivity contribution in [3.8, 4) is 0 Å². The van der Waals surface area contributed by atoms with E-state index in [-0.39, 0.29) is 30.9 Å². The van der Waals surface area contributed by atoms with E-state index in [1.807, 2.05) is 6.92 Å². The summed E-state index contributed by atoms with van der Waals surface area (Å²) in [5, 5.41) is 5.94. The summed E-state index contributed by atoms with van der Waals surface area (Å²) >= 11 is 0. The third-order valence-electron chi connectivity index (χ3n) is 4.25. The van der Waals surface area contributed by atoms with Crippen LogP contribution in [-0.4, -0.2) is 64.6 Å². The third-order valence-corrected chi connectivity index (χ3v) is 6.16. The van der Waals surface area contributed by atoms with Crippen molar-refractivity contribution in [3.05, 3.63) is 29.8 Å². The smallest absolute Gasteiger partial charge is 0.243 e. The number of methoxy groups -OCH3 is 1. The monoisotopic (exact) mass is 405 g/mol.